The van der Waals surface area contributed by atoms with Gasteiger partial charge in [-0.05, 0) is 18.5 Å². The lowest BCUT2D eigenvalue weighted by atomic mass is 10.2. The number of hydrogen-bond donors (Lipinski definition) is 0. The maximum atomic E-state index is 5.77. The molecule has 0 aliphatic carbocycles. The molecule has 2 atom stereocenters. The second-order valence-corrected chi connectivity index (χ2v) is 7.82. The van der Waals surface area contributed by atoms with E-state index < -0.39 is 8.32 Å². The van der Waals surface area contributed by atoms with E-state index in [1.165, 1.54) is 25.3 Å². The third-order valence-corrected chi connectivity index (χ3v) is 7.77. The Bertz CT molecular complexity index is 172. The molecule has 1 saturated heterocycles. The fourth-order valence-corrected chi connectivity index (χ4v) is 6.22. The first kappa shape index (κ1) is 11.0. The van der Waals surface area contributed by atoms with Crippen molar-refractivity contribution in [2.24, 2.45) is 0 Å². The zero-order valence-corrected chi connectivity index (χ0v) is 9.71. The van der Waals surface area contributed by atoms with Crippen LogP contribution >= 0.6 is 0 Å². The molecule has 1 fully saturated rings. The first-order valence-corrected chi connectivity index (χ1v) is 7.38. The highest BCUT2D eigenvalue weighted by atomic mass is 28.4. The zero-order valence-electron chi connectivity index (χ0n) is 8.71. The standard InChI is InChI=1S/C10H20O2Si/c1-4-8-13(12-3)9-6-5-7-10(13)11-2/h4,10H,1,5-9H2,2-3H3. The molecule has 2 unspecified atom stereocenters. The van der Waals surface area contributed by atoms with Gasteiger partial charge in [0.05, 0.1) is 5.73 Å². The third-order valence-electron chi connectivity index (χ3n) is 3.08. The van der Waals surface area contributed by atoms with E-state index in [1.54, 1.807) is 7.11 Å². The smallest absolute Gasteiger partial charge is 0.224 e. The molecular weight excluding hydrogens is 180 g/mol. The van der Waals surface area contributed by atoms with Gasteiger partial charge in [0.2, 0.25) is 8.32 Å². The average Bonchev–Trinajstić information content (AvgIpc) is 2.19. The average molecular weight is 200 g/mol. The fraction of sp³-hybridized carbons (Fsp3) is 0.800. The Kier molecular flexibility index (Phi) is 4.16. The van der Waals surface area contributed by atoms with Crippen molar-refractivity contribution in [2.45, 2.75) is 37.1 Å². The lowest BCUT2D eigenvalue weighted by Gasteiger charge is -2.39. The van der Waals surface area contributed by atoms with Gasteiger partial charge in [-0.1, -0.05) is 18.9 Å². The van der Waals surface area contributed by atoms with Gasteiger partial charge in [-0.3, -0.25) is 0 Å². The first-order chi connectivity index (χ1) is 6.29. The number of allylic oxidation sites excluding steroid dienone is 1. The van der Waals surface area contributed by atoms with Crippen LogP contribution in [0, 0.1) is 0 Å². The molecule has 0 bridgehead atoms. The van der Waals surface area contributed by atoms with E-state index in [0.717, 1.165) is 6.04 Å². The molecule has 0 aromatic carbocycles. The van der Waals surface area contributed by atoms with Gasteiger partial charge in [0.1, 0.15) is 0 Å². The summed E-state index contributed by atoms with van der Waals surface area (Å²) in [7, 11) is 2.02. The van der Waals surface area contributed by atoms with Gasteiger partial charge >= 0.3 is 0 Å². The van der Waals surface area contributed by atoms with Crippen molar-refractivity contribution in [3.63, 3.8) is 0 Å². The van der Waals surface area contributed by atoms with Crippen molar-refractivity contribution in [1.82, 2.24) is 0 Å². The van der Waals surface area contributed by atoms with Crippen LogP contribution < -0.4 is 0 Å². The Labute approximate surface area is 82.1 Å². The van der Waals surface area contributed by atoms with Gasteiger partial charge in [0, 0.05) is 14.2 Å². The van der Waals surface area contributed by atoms with Crippen molar-refractivity contribution >= 4 is 8.32 Å². The molecule has 2 nitrogen and oxygen atoms in total. The number of ether oxygens (including phenoxy) is 1. The summed E-state index contributed by atoms with van der Waals surface area (Å²) in [5, 5.41) is 0. The molecule has 0 saturated carbocycles. The monoisotopic (exact) mass is 200 g/mol. The van der Waals surface area contributed by atoms with Crippen LogP contribution in [0.2, 0.25) is 12.1 Å². The van der Waals surface area contributed by atoms with E-state index in [0.29, 0.717) is 5.73 Å². The van der Waals surface area contributed by atoms with Gasteiger partial charge in [-0.15, -0.1) is 6.58 Å². The summed E-state index contributed by atoms with van der Waals surface area (Å²) < 4.78 is 11.3. The second-order valence-electron chi connectivity index (χ2n) is 3.73. The van der Waals surface area contributed by atoms with Crippen molar-refractivity contribution in [2.75, 3.05) is 14.2 Å². The van der Waals surface area contributed by atoms with Gasteiger partial charge in [-0.2, -0.15) is 0 Å². The van der Waals surface area contributed by atoms with Gasteiger partial charge in [0.25, 0.3) is 0 Å². The molecule has 0 spiro atoms. The van der Waals surface area contributed by atoms with Gasteiger partial charge in [0.15, 0.2) is 0 Å². The fourth-order valence-electron chi connectivity index (χ4n) is 2.31. The summed E-state index contributed by atoms with van der Waals surface area (Å²) in [6, 6.07) is 2.26. The Hall–Kier alpha value is -0.123. The topological polar surface area (TPSA) is 18.5 Å². The Morgan fingerprint density at radius 2 is 2.23 bits per heavy atom. The third kappa shape index (κ3) is 2.21. The molecule has 76 valence electrons. The lowest BCUT2D eigenvalue weighted by Crippen LogP contribution is -2.52. The van der Waals surface area contributed by atoms with Crippen LogP contribution in [0.3, 0.4) is 0 Å². The molecule has 1 heterocycles. The lowest BCUT2D eigenvalue weighted by molar-refractivity contribution is 0.119. The van der Waals surface area contributed by atoms with Crippen LogP contribution in [0.4, 0.5) is 0 Å². The van der Waals surface area contributed by atoms with E-state index >= 15 is 0 Å². The summed E-state index contributed by atoms with van der Waals surface area (Å²) in [6.07, 6.45) is 5.75. The zero-order chi connectivity index (χ0) is 9.73. The molecule has 1 aliphatic heterocycles. The first-order valence-electron chi connectivity index (χ1n) is 4.98. The minimum absolute atomic E-state index is 0.379. The van der Waals surface area contributed by atoms with E-state index in [-0.39, 0.29) is 0 Å². The van der Waals surface area contributed by atoms with Crippen LogP contribution in [0.15, 0.2) is 12.7 Å². The van der Waals surface area contributed by atoms with E-state index in [9.17, 15) is 0 Å². The maximum absolute atomic E-state index is 5.77. The van der Waals surface area contributed by atoms with Gasteiger partial charge < -0.3 is 9.16 Å². The molecule has 0 aromatic rings. The molecular formula is C10H20O2Si. The molecule has 1 rings (SSSR count). The van der Waals surface area contributed by atoms with Crippen LogP contribution in [-0.4, -0.2) is 28.3 Å². The highest BCUT2D eigenvalue weighted by molar-refractivity contribution is 6.75. The quantitative estimate of drug-likeness (QED) is 0.513. The predicted octanol–water partition coefficient (Wildman–Crippen LogP) is 2.50. The molecule has 1 aliphatic rings. The normalized spacial score (nSPS) is 34.5. The summed E-state index contributed by atoms with van der Waals surface area (Å²) in [6.45, 7) is 3.82. The highest BCUT2D eigenvalue weighted by Crippen LogP contribution is 2.33. The molecule has 0 N–H and O–H groups in total. The van der Waals surface area contributed by atoms with Crippen molar-refractivity contribution in [3.8, 4) is 0 Å². The molecule has 0 radical (unpaired) electrons. The van der Waals surface area contributed by atoms with Crippen LogP contribution in [-0.2, 0) is 9.16 Å². The number of hydrogen-bond acceptors (Lipinski definition) is 2. The molecule has 3 heteroatoms. The van der Waals surface area contributed by atoms with Crippen molar-refractivity contribution in [3.05, 3.63) is 12.7 Å². The predicted molar refractivity (Wildman–Crippen MR) is 57.2 cm³/mol. The largest absolute Gasteiger partial charge is 0.417 e. The summed E-state index contributed by atoms with van der Waals surface area (Å²) in [5.41, 5.74) is 0.379. The van der Waals surface area contributed by atoms with E-state index in [4.69, 9.17) is 9.16 Å². The van der Waals surface area contributed by atoms with Crippen molar-refractivity contribution in [1.29, 1.82) is 0 Å². The summed E-state index contributed by atoms with van der Waals surface area (Å²) >= 11 is 0. The molecule has 0 aromatic heterocycles. The highest BCUT2D eigenvalue weighted by Gasteiger charge is 2.43. The number of methoxy groups -OCH3 is 1. The van der Waals surface area contributed by atoms with E-state index in [2.05, 4.69) is 6.58 Å². The van der Waals surface area contributed by atoms with Crippen LogP contribution in [0.5, 0.6) is 0 Å². The summed E-state index contributed by atoms with van der Waals surface area (Å²) in [4.78, 5) is 0. The molecule has 13 heavy (non-hydrogen) atoms. The Balaban J connectivity index is 2.71. The van der Waals surface area contributed by atoms with E-state index in [1.807, 2.05) is 13.2 Å². The maximum Gasteiger partial charge on any atom is 0.224 e. The minimum Gasteiger partial charge on any atom is -0.417 e. The van der Waals surface area contributed by atoms with Gasteiger partial charge in [-0.25, -0.2) is 0 Å². The second kappa shape index (κ2) is 4.93. The molecule has 0 amide bonds. The minimum atomic E-state index is -1.63. The summed E-state index contributed by atoms with van der Waals surface area (Å²) in [5.74, 6) is 0. The van der Waals surface area contributed by atoms with Crippen LogP contribution in [0.25, 0.3) is 0 Å². The SMILES string of the molecule is C=CC[Si]1(OC)CCCCC1OC. The van der Waals surface area contributed by atoms with Crippen LogP contribution in [0.1, 0.15) is 19.3 Å². The number of rotatable bonds is 4. The Morgan fingerprint density at radius 3 is 2.77 bits per heavy atom. The van der Waals surface area contributed by atoms with Crippen molar-refractivity contribution < 1.29 is 9.16 Å². The Morgan fingerprint density at radius 1 is 1.46 bits per heavy atom.